The molecule has 3 atom stereocenters. The van der Waals surface area contributed by atoms with Gasteiger partial charge in [-0.05, 0) is 43.2 Å². The Hall–Kier alpha value is -1.46. The van der Waals surface area contributed by atoms with Crippen molar-refractivity contribution < 1.29 is 9.53 Å². The molecule has 1 aromatic rings. The van der Waals surface area contributed by atoms with Crippen molar-refractivity contribution >= 4 is 5.91 Å². The molecule has 1 aromatic heterocycles. The lowest BCUT2D eigenvalue weighted by atomic mass is 9.93. The van der Waals surface area contributed by atoms with E-state index in [0.717, 1.165) is 50.2 Å². The standard InChI is InChI=1S/C19H29N3O2/c1-3-15-11-20-8-6-17(15)19(23)21-18-7-9-22(12-14(18)2)13-16-5-4-10-24-16/h6,8,11,14,16,18H,3-5,7,9-10,12-13H2,1-2H3,(H,21,23)/t14-,16-,18+/m0/s1. The van der Waals surface area contributed by atoms with Crippen molar-refractivity contribution in [1.29, 1.82) is 0 Å². The maximum absolute atomic E-state index is 12.6. The topological polar surface area (TPSA) is 54.5 Å². The number of ether oxygens (including phenoxy) is 1. The summed E-state index contributed by atoms with van der Waals surface area (Å²) in [4.78, 5) is 19.2. The van der Waals surface area contributed by atoms with Crippen molar-refractivity contribution in [2.75, 3.05) is 26.2 Å². The van der Waals surface area contributed by atoms with Crippen LogP contribution >= 0.6 is 0 Å². The van der Waals surface area contributed by atoms with Crippen LogP contribution in [0.4, 0.5) is 0 Å². The fourth-order valence-electron chi connectivity index (χ4n) is 3.87. The van der Waals surface area contributed by atoms with Gasteiger partial charge in [-0.3, -0.25) is 9.78 Å². The maximum atomic E-state index is 12.6. The van der Waals surface area contributed by atoms with Crippen molar-refractivity contribution in [2.24, 2.45) is 5.92 Å². The third kappa shape index (κ3) is 4.14. The molecule has 5 nitrogen and oxygen atoms in total. The number of likely N-dealkylation sites (tertiary alicyclic amines) is 1. The van der Waals surface area contributed by atoms with Crippen LogP contribution in [-0.2, 0) is 11.2 Å². The molecule has 2 fully saturated rings. The minimum atomic E-state index is 0.0404. The molecule has 132 valence electrons. The number of nitrogens with one attached hydrogen (secondary N) is 1. The lowest BCUT2D eigenvalue weighted by Gasteiger charge is -2.38. The van der Waals surface area contributed by atoms with Crippen LogP contribution in [-0.4, -0.2) is 54.2 Å². The molecular formula is C19H29N3O2. The van der Waals surface area contributed by atoms with Gasteiger partial charge in [0.2, 0.25) is 0 Å². The molecule has 0 saturated carbocycles. The highest BCUT2D eigenvalue weighted by atomic mass is 16.5. The summed E-state index contributed by atoms with van der Waals surface area (Å²) >= 11 is 0. The lowest BCUT2D eigenvalue weighted by Crippen LogP contribution is -2.51. The molecule has 2 saturated heterocycles. The van der Waals surface area contributed by atoms with Gasteiger partial charge in [-0.15, -0.1) is 0 Å². The highest BCUT2D eigenvalue weighted by Gasteiger charge is 2.29. The maximum Gasteiger partial charge on any atom is 0.251 e. The quantitative estimate of drug-likeness (QED) is 0.899. The predicted octanol–water partition coefficient (Wildman–Crippen LogP) is 2.26. The number of aromatic nitrogens is 1. The highest BCUT2D eigenvalue weighted by Crippen LogP contribution is 2.21. The molecule has 24 heavy (non-hydrogen) atoms. The summed E-state index contributed by atoms with van der Waals surface area (Å²) in [5, 5.41) is 3.25. The first-order chi connectivity index (χ1) is 11.7. The molecule has 1 N–H and O–H groups in total. The van der Waals surface area contributed by atoms with Gasteiger partial charge in [0.1, 0.15) is 0 Å². The van der Waals surface area contributed by atoms with E-state index in [1.165, 1.54) is 12.8 Å². The SMILES string of the molecule is CCc1cnccc1C(=O)N[C@@H]1CCN(C[C@@H]2CCCO2)C[C@@H]1C. The third-order valence-corrected chi connectivity index (χ3v) is 5.32. The molecule has 2 aliphatic rings. The first kappa shape index (κ1) is 17.4. The summed E-state index contributed by atoms with van der Waals surface area (Å²) in [5.74, 6) is 0.495. The van der Waals surface area contributed by atoms with E-state index in [1.807, 2.05) is 6.07 Å². The minimum Gasteiger partial charge on any atom is -0.377 e. The van der Waals surface area contributed by atoms with Crippen LogP contribution in [0.25, 0.3) is 0 Å². The van der Waals surface area contributed by atoms with E-state index in [2.05, 4.69) is 29.0 Å². The van der Waals surface area contributed by atoms with Gasteiger partial charge in [0.25, 0.3) is 5.91 Å². The van der Waals surface area contributed by atoms with Crippen LogP contribution in [0.5, 0.6) is 0 Å². The summed E-state index contributed by atoms with van der Waals surface area (Å²) in [6.45, 7) is 8.31. The van der Waals surface area contributed by atoms with E-state index in [0.29, 0.717) is 12.0 Å². The Morgan fingerprint density at radius 2 is 2.33 bits per heavy atom. The van der Waals surface area contributed by atoms with Crippen LogP contribution in [0.15, 0.2) is 18.5 Å². The fourth-order valence-corrected chi connectivity index (χ4v) is 3.87. The van der Waals surface area contributed by atoms with Crippen molar-refractivity contribution in [3.63, 3.8) is 0 Å². The largest absolute Gasteiger partial charge is 0.377 e. The zero-order valence-electron chi connectivity index (χ0n) is 14.8. The number of aryl methyl sites for hydroxylation is 1. The second kappa shape index (κ2) is 8.08. The molecule has 0 aromatic carbocycles. The number of pyridine rings is 1. The molecule has 2 aliphatic heterocycles. The van der Waals surface area contributed by atoms with Crippen molar-refractivity contribution in [2.45, 2.75) is 51.7 Å². The third-order valence-electron chi connectivity index (χ3n) is 5.32. The molecule has 0 unspecified atom stereocenters. The summed E-state index contributed by atoms with van der Waals surface area (Å²) in [7, 11) is 0. The van der Waals surface area contributed by atoms with Gasteiger partial charge in [0.15, 0.2) is 0 Å². The molecule has 1 amide bonds. The summed E-state index contributed by atoms with van der Waals surface area (Å²) in [6, 6.07) is 2.07. The minimum absolute atomic E-state index is 0.0404. The second-order valence-corrected chi connectivity index (χ2v) is 7.13. The highest BCUT2D eigenvalue weighted by molar-refractivity contribution is 5.95. The van der Waals surface area contributed by atoms with Crippen molar-refractivity contribution in [3.8, 4) is 0 Å². The predicted molar refractivity (Wildman–Crippen MR) is 94.1 cm³/mol. The molecule has 0 aliphatic carbocycles. The number of carbonyl (C=O) groups is 1. The van der Waals surface area contributed by atoms with Gasteiger partial charge in [0.05, 0.1) is 6.10 Å². The monoisotopic (exact) mass is 331 g/mol. The van der Waals surface area contributed by atoms with Gasteiger partial charge in [-0.25, -0.2) is 0 Å². The zero-order chi connectivity index (χ0) is 16.9. The number of rotatable bonds is 5. The molecule has 0 spiro atoms. The summed E-state index contributed by atoms with van der Waals surface area (Å²) < 4.78 is 5.75. The second-order valence-electron chi connectivity index (χ2n) is 7.13. The Bertz CT molecular complexity index is 557. The van der Waals surface area contributed by atoms with E-state index in [9.17, 15) is 4.79 Å². The van der Waals surface area contributed by atoms with E-state index < -0.39 is 0 Å². The lowest BCUT2D eigenvalue weighted by molar-refractivity contribution is 0.0498. The zero-order valence-corrected chi connectivity index (χ0v) is 14.8. The van der Waals surface area contributed by atoms with Gasteiger partial charge < -0.3 is 15.0 Å². The van der Waals surface area contributed by atoms with Crippen LogP contribution in [0.2, 0.25) is 0 Å². The van der Waals surface area contributed by atoms with E-state index >= 15 is 0 Å². The Kier molecular flexibility index (Phi) is 5.85. The smallest absolute Gasteiger partial charge is 0.251 e. The molecule has 5 heteroatoms. The molecule has 0 radical (unpaired) electrons. The van der Waals surface area contributed by atoms with Gasteiger partial charge in [-0.1, -0.05) is 13.8 Å². The summed E-state index contributed by atoms with van der Waals surface area (Å²) in [6.07, 6.45) is 8.11. The van der Waals surface area contributed by atoms with Crippen LogP contribution in [0, 0.1) is 5.92 Å². The fraction of sp³-hybridized carbons (Fsp3) is 0.684. The average Bonchev–Trinajstić information content (AvgIpc) is 3.10. The average molecular weight is 331 g/mol. The molecule has 3 heterocycles. The number of carbonyl (C=O) groups excluding carboxylic acids is 1. The Balaban J connectivity index is 1.53. The van der Waals surface area contributed by atoms with E-state index in [1.54, 1.807) is 12.4 Å². The van der Waals surface area contributed by atoms with Crippen molar-refractivity contribution in [3.05, 3.63) is 29.6 Å². The Morgan fingerprint density at radius 1 is 1.46 bits per heavy atom. The summed E-state index contributed by atoms with van der Waals surface area (Å²) in [5.41, 5.74) is 1.78. The molecular weight excluding hydrogens is 302 g/mol. The number of nitrogens with zero attached hydrogens (tertiary/aromatic N) is 2. The normalized spacial score (nSPS) is 28.0. The van der Waals surface area contributed by atoms with E-state index in [-0.39, 0.29) is 11.9 Å². The Labute approximate surface area is 144 Å². The molecule has 0 bridgehead atoms. The van der Waals surface area contributed by atoms with Gasteiger partial charge >= 0.3 is 0 Å². The van der Waals surface area contributed by atoms with Crippen molar-refractivity contribution in [1.82, 2.24) is 15.2 Å². The van der Waals surface area contributed by atoms with Crippen LogP contribution in [0.1, 0.15) is 49.0 Å². The van der Waals surface area contributed by atoms with Crippen LogP contribution < -0.4 is 5.32 Å². The first-order valence-electron chi connectivity index (χ1n) is 9.25. The van der Waals surface area contributed by atoms with Gasteiger partial charge in [0, 0.05) is 50.2 Å². The van der Waals surface area contributed by atoms with Crippen LogP contribution in [0.3, 0.4) is 0 Å². The number of piperidine rings is 1. The Morgan fingerprint density at radius 3 is 3.04 bits per heavy atom. The molecule has 3 rings (SSSR count). The van der Waals surface area contributed by atoms with Gasteiger partial charge in [-0.2, -0.15) is 0 Å². The number of hydrogen-bond donors (Lipinski definition) is 1. The number of hydrogen-bond acceptors (Lipinski definition) is 4. The van der Waals surface area contributed by atoms with E-state index in [4.69, 9.17) is 4.74 Å². The first-order valence-corrected chi connectivity index (χ1v) is 9.25. The number of amides is 1.